The van der Waals surface area contributed by atoms with Crippen molar-refractivity contribution in [3.05, 3.63) is 47.5 Å². The van der Waals surface area contributed by atoms with Crippen LogP contribution >= 0.6 is 0 Å². The number of ether oxygens (including phenoxy) is 1. The van der Waals surface area contributed by atoms with Crippen LogP contribution in [-0.2, 0) is 13.5 Å². The van der Waals surface area contributed by atoms with Crippen LogP contribution in [-0.4, -0.2) is 21.9 Å². The molecule has 1 aromatic heterocycles. The first-order valence-electron chi connectivity index (χ1n) is 6.04. The number of para-hydroxylation sites is 1. The molecule has 0 saturated heterocycles. The molecule has 4 nitrogen and oxygen atoms in total. The summed E-state index contributed by atoms with van der Waals surface area (Å²) < 4.78 is 7.38. The number of carbonyl (C=O) groups is 1. The lowest BCUT2D eigenvalue weighted by molar-refractivity contribution is 0.102. The Balaban J connectivity index is 2.07. The quantitative estimate of drug-likeness (QED) is 0.756. The molecule has 18 heavy (non-hydrogen) atoms. The van der Waals surface area contributed by atoms with Gasteiger partial charge in [-0.2, -0.15) is 0 Å². The number of aromatic nitrogens is 2. The third-order valence-corrected chi connectivity index (χ3v) is 3.20. The standard InChI is InChI=1S/C14H14N2O2/c1-16-8-7-15-14(16)12(17)11-6-2-4-10-5-3-9-18-13(10)11/h2,4,6-8H,3,5,9H2,1H3. The van der Waals surface area contributed by atoms with Gasteiger partial charge >= 0.3 is 0 Å². The highest BCUT2D eigenvalue weighted by Crippen LogP contribution is 2.30. The van der Waals surface area contributed by atoms with E-state index >= 15 is 0 Å². The molecule has 0 N–H and O–H groups in total. The number of ketones is 1. The van der Waals surface area contributed by atoms with Gasteiger partial charge in [0.1, 0.15) is 5.75 Å². The van der Waals surface area contributed by atoms with Gasteiger partial charge in [0.05, 0.1) is 12.2 Å². The molecule has 0 fully saturated rings. The highest BCUT2D eigenvalue weighted by molar-refractivity contribution is 6.08. The van der Waals surface area contributed by atoms with E-state index in [-0.39, 0.29) is 5.78 Å². The van der Waals surface area contributed by atoms with E-state index in [0.29, 0.717) is 18.0 Å². The fourth-order valence-electron chi connectivity index (χ4n) is 2.27. The van der Waals surface area contributed by atoms with Crippen LogP contribution in [0.15, 0.2) is 30.6 Å². The molecule has 2 heterocycles. The Bertz CT molecular complexity index is 602. The summed E-state index contributed by atoms with van der Waals surface area (Å²) in [6.45, 7) is 0.678. The third-order valence-electron chi connectivity index (χ3n) is 3.20. The molecule has 2 aromatic rings. The molecule has 3 rings (SSSR count). The minimum Gasteiger partial charge on any atom is -0.493 e. The number of rotatable bonds is 2. The molecule has 1 aromatic carbocycles. The average Bonchev–Trinajstić information content (AvgIpc) is 2.83. The van der Waals surface area contributed by atoms with Crippen molar-refractivity contribution in [3.63, 3.8) is 0 Å². The summed E-state index contributed by atoms with van der Waals surface area (Å²) in [4.78, 5) is 16.5. The summed E-state index contributed by atoms with van der Waals surface area (Å²) in [5.41, 5.74) is 1.72. The predicted octanol–water partition coefficient (Wildman–Crippen LogP) is 1.98. The van der Waals surface area contributed by atoms with Crippen LogP contribution in [0, 0.1) is 0 Å². The minimum absolute atomic E-state index is 0.0822. The zero-order valence-electron chi connectivity index (χ0n) is 10.2. The monoisotopic (exact) mass is 242 g/mol. The summed E-state index contributed by atoms with van der Waals surface area (Å²) in [6, 6.07) is 5.73. The predicted molar refractivity (Wildman–Crippen MR) is 66.9 cm³/mol. The SMILES string of the molecule is Cn1ccnc1C(=O)c1cccc2c1OCCC2. The van der Waals surface area contributed by atoms with E-state index in [0.717, 1.165) is 24.2 Å². The number of imidazole rings is 1. The second-order valence-electron chi connectivity index (χ2n) is 4.44. The van der Waals surface area contributed by atoms with E-state index in [4.69, 9.17) is 4.74 Å². The first kappa shape index (κ1) is 11.0. The average molecular weight is 242 g/mol. The molecule has 0 unspecified atom stereocenters. The van der Waals surface area contributed by atoms with Gasteiger partial charge in [-0.1, -0.05) is 12.1 Å². The topological polar surface area (TPSA) is 44.1 Å². The normalized spacial score (nSPS) is 13.8. The van der Waals surface area contributed by atoms with Gasteiger partial charge in [-0.25, -0.2) is 4.98 Å². The van der Waals surface area contributed by atoms with Crippen molar-refractivity contribution in [1.29, 1.82) is 0 Å². The zero-order valence-corrected chi connectivity index (χ0v) is 10.2. The Labute approximate surface area is 105 Å². The number of hydrogen-bond donors (Lipinski definition) is 0. The van der Waals surface area contributed by atoms with Crippen LogP contribution in [0.4, 0.5) is 0 Å². The number of aryl methyl sites for hydroxylation is 2. The van der Waals surface area contributed by atoms with Crippen molar-refractivity contribution in [2.45, 2.75) is 12.8 Å². The van der Waals surface area contributed by atoms with Gasteiger partial charge in [-0.3, -0.25) is 4.79 Å². The van der Waals surface area contributed by atoms with Gasteiger partial charge < -0.3 is 9.30 Å². The van der Waals surface area contributed by atoms with Gasteiger partial charge in [-0.05, 0) is 24.5 Å². The van der Waals surface area contributed by atoms with Gasteiger partial charge in [-0.15, -0.1) is 0 Å². The van der Waals surface area contributed by atoms with Crippen LogP contribution in [0.5, 0.6) is 5.75 Å². The number of fused-ring (bicyclic) bond motifs is 1. The first-order valence-corrected chi connectivity index (χ1v) is 6.04. The van der Waals surface area contributed by atoms with Crippen LogP contribution in [0.1, 0.15) is 28.2 Å². The van der Waals surface area contributed by atoms with Crippen LogP contribution in [0.25, 0.3) is 0 Å². The molecule has 0 bridgehead atoms. The highest BCUT2D eigenvalue weighted by atomic mass is 16.5. The molecule has 0 amide bonds. The van der Waals surface area contributed by atoms with E-state index < -0.39 is 0 Å². The number of nitrogens with zero attached hydrogens (tertiary/aromatic N) is 2. The van der Waals surface area contributed by atoms with Crippen molar-refractivity contribution in [3.8, 4) is 5.75 Å². The van der Waals surface area contributed by atoms with E-state index in [1.165, 1.54) is 0 Å². The summed E-state index contributed by atoms with van der Waals surface area (Å²) in [6.07, 6.45) is 5.37. The lowest BCUT2D eigenvalue weighted by atomic mass is 10.00. The smallest absolute Gasteiger partial charge is 0.232 e. The van der Waals surface area contributed by atoms with Crippen molar-refractivity contribution >= 4 is 5.78 Å². The zero-order chi connectivity index (χ0) is 12.5. The fourth-order valence-corrected chi connectivity index (χ4v) is 2.27. The van der Waals surface area contributed by atoms with Crippen LogP contribution in [0.2, 0.25) is 0 Å². The second-order valence-corrected chi connectivity index (χ2v) is 4.44. The number of hydrogen-bond acceptors (Lipinski definition) is 3. The lowest BCUT2D eigenvalue weighted by Crippen LogP contribution is -2.15. The molecular weight excluding hydrogens is 228 g/mol. The van der Waals surface area contributed by atoms with Gasteiger partial charge in [0.2, 0.25) is 5.78 Å². The molecule has 0 radical (unpaired) electrons. The van der Waals surface area contributed by atoms with Crippen molar-refractivity contribution in [2.75, 3.05) is 6.61 Å². The summed E-state index contributed by atoms with van der Waals surface area (Å²) in [5.74, 6) is 1.09. The van der Waals surface area contributed by atoms with E-state index in [2.05, 4.69) is 4.98 Å². The summed E-state index contributed by atoms with van der Waals surface area (Å²) in [7, 11) is 1.82. The Morgan fingerprint density at radius 2 is 2.33 bits per heavy atom. The van der Waals surface area contributed by atoms with Crippen LogP contribution < -0.4 is 4.74 Å². The molecule has 92 valence electrons. The summed E-state index contributed by atoms with van der Waals surface area (Å²) in [5, 5.41) is 0. The van der Waals surface area contributed by atoms with E-state index in [1.54, 1.807) is 23.0 Å². The van der Waals surface area contributed by atoms with E-state index in [1.807, 2.05) is 19.2 Å². The maximum absolute atomic E-state index is 12.4. The largest absolute Gasteiger partial charge is 0.493 e. The lowest BCUT2D eigenvalue weighted by Gasteiger charge is -2.19. The molecule has 1 aliphatic heterocycles. The fraction of sp³-hybridized carbons (Fsp3) is 0.286. The van der Waals surface area contributed by atoms with Crippen molar-refractivity contribution < 1.29 is 9.53 Å². The second kappa shape index (κ2) is 4.29. The molecule has 0 atom stereocenters. The van der Waals surface area contributed by atoms with Crippen molar-refractivity contribution in [2.24, 2.45) is 7.05 Å². The molecule has 0 saturated carbocycles. The molecule has 1 aliphatic rings. The van der Waals surface area contributed by atoms with Gasteiger partial charge in [0.15, 0.2) is 5.82 Å². The Kier molecular flexibility index (Phi) is 2.63. The number of benzene rings is 1. The Hall–Kier alpha value is -2.10. The third kappa shape index (κ3) is 1.70. The minimum atomic E-state index is -0.0822. The molecule has 4 heteroatoms. The first-order chi connectivity index (χ1) is 8.77. The Morgan fingerprint density at radius 1 is 1.44 bits per heavy atom. The highest BCUT2D eigenvalue weighted by Gasteiger charge is 2.22. The van der Waals surface area contributed by atoms with Crippen molar-refractivity contribution in [1.82, 2.24) is 9.55 Å². The van der Waals surface area contributed by atoms with Crippen LogP contribution in [0.3, 0.4) is 0 Å². The maximum Gasteiger partial charge on any atom is 0.232 e. The molecular formula is C14H14N2O2. The maximum atomic E-state index is 12.4. The van der Waals surface area contributed by atoms with E-state index in [9.17, 15) is 4.79 Å². The molecule has 0 aliphatic carbocycles. The summed E-state index contributed by atoms with van der Waals surface area (Å²) >= 11 is 0. The number of carbonyl (C=O) groups excluding carboxylic acids is 1. The molecule has 0 spiro atoms. The Morgan fingerprint density at radius 3 is 3.11 bits per heavy atom. The van der Waals surface area contributed by atoms with Gasteiger partial charge in [0, 0.05) is 19.4 Å². The van der Waals surface area contributed by atoms with Gasteiger partial charge in [0.25, 0.3) is 0 Å².